The van der Waals surface area contributed by atoms with Crippen LogP contribution in [-0.4, -0.2) is 80.7 Å². The highest BCUT2D eigenvalue weighted by molar-refractivity contribution is 5.95. The Morgan fingerprint density at radius 2 is 1.81 bits per heavy atom. The fraction of sp³-hybridized carbons (Fsp3) is 0.488. The van der Waals surface area contributed by atoms with E-state index in [1.165, 1.54) is 17.1 Å². The average molecular weight is 792 g/mol. The van der Waals surface area contributed by atoms with E-state index in [0.29, 0.717) is 42.5 Å². The number of aromatic nitrogens is 2. The van der Waals surface area contributed by atoms with Gasteiger partial charge in [-0.1, -0.05) is 32.0 Å². The maximum Gasteiger partial charge on any atom is 0.408 e. The summed E-state index contributed by atoms with van der Waals surface area (Å²) >= 11 is 0. The van der Waals surface area contributed by atoms with E-state index in [2.05, 4.69) is 22.2 Å². The quantitative estimate of drug-likeness (QED) is 0.101. The van der Waals surface area contributed by atoms with Crippen LogP contribution in [0.25, 0.3) is 33.3 Å². The third-order valence-electron chi connectivity index (χ3n) is 10.2. The number of benzene rings is 2. The van der Waals surface area contributed by atoms with E-state index in [0.717, 1.165) is 33.4 Å². The van der Waals surface area contributed by atoms with Gasteiger partial charge in [0.2, 0.25) is 0 Å². The number of halogens is 2. The molecule has 308 valence electrons. The molecule has 4 aromatic rings. The van der Waals surface area contributed by atoms with E-state index in [4.69, 9.17) is 14.5 Å². The molecule has 3 atom stereocenters. The monoisotopic (exact) mass is 791 g/mol. The van der Waals surface area contributed by atoms with Gasteiger partial charge in [0.1, 0.15) is 17.7 Å². The molecule has 0 radical (unpaired) electrons. The van der Waals surface area contributed by atoms with Gasteiger partial charge in [0.05, 0.1) is 17.5 Å². The zero-order chi connectivity index (χ0) is 41.8. The van der Waals surface area contributed by atoms with Crippen LogP contribution < -0.4 is 10.7 Å². The number of nitrogens with one attached hydrogen (secondary N) is 2. The number of carbonyl (C=O) groups excluding carboxylic acids is 2. The van der Waals surface area contributed by atoms with Gasteiger partial charge < -0.3 is 29.6 Å². The number of hydrazine groups is 1. The average Bonchev–Trinajstić information content (AvgIpc) is 3.47. The van der Waals surface area contributed by atoms with Crippen LogP contribution in [-0.2, 0) is 38.4 Å². The van der Waals surface area contributed by atoms with E-state index < -0.39 is 47.5 Å². The van der Waals surface area contributed by atoms with Gasteiger partial charge in [-0.3, -0.25) is 19.6 Å². The number of methoxy groups -OCH3 is 1. The summed E-state index contributed by atoms with van der Waals surface area (Å²) in [5.41, 5.74) is 7.02. The number of carboxylic acid groups (broad SMARTS) is 1. The number of ether oxygens (including phenoxy) is 2. The molecule has 1 saturated heterocycles. The molecule has 0 spiro atoms. The molecule has 5 rings (SSSR count). The fourth-order valence-corrected chi connectivity index (χ4v) is 7.33. The number of aryl methyl sites for hydroxylation is 1. The standard InChI is InChI=1S/C43H55F2N5O7/c1-9-49-35-15-14-27(22-31(35)32(23-43(6,7)24-51)37(49)30-12-10-16-46-36(30)25(2)56-8)28-18-26(19-29(21-28)38(44)45)20-34(47-41(55)57-42(3,4)5)39(52)50-17-11-13-33(48-50)40(53)54/h10,12,14-16,18-19,21-22,25,33-34,38,48,51H,9,11,13,17,20,23-24H2,1-8H3,(H,47,55)(H,53,54)/t25-,33?,34?/m0/s1. The molecule has 12 nitrogen and oxygen atoms in total. The number of alkyl halides is 2. The van der Waals surface area contributed by atoms with Crippen LogP contribution in [0.1, 0.15) is 96.2 Å². The second-order valence-electron chi connectivity index (χ2n) is 16.4. The molecule has 1 fully saturated rings. The first-order valence-electron chi connectivity index (χ1n) is 19.3. The van der Waals surface area contributed by atoms with Crippen LogP contribution in [0, 0.1) is 5.41 Å². The third-order valence-corrected chi connectivity index (χ3v) is 10.2. The predicted octanol–water partition coefficient (Wildman–Crippen LogP) is 7.61. The largest absolute Gasteiger partial charge is 0.480 e. The minimum Gasteiger partial charge on any atom is -0.480 e. The van der Waals surface area contributed by atoms with E-state index in [-0.39, 0.29) is 31.2 Å². The Morgan fingerprint density at radius 1 is 1.07 bits per heavy atom. The number of carboxylic acids is 1. The Balaban J connectivity index is 1.64. The lowest BCUT2D eigenvalue weighted by Gasteiger charge is -2.34. The van der Waals surface area contributed by atoms with Crippen molar-refractivity contribution in [2.75, 3.05) is 20.3 Å². The van der Waals surface area contributed by atoms with Crippen LogP contribution in [0.2, 0.25) is 0 Å². The number of alkyl carbamates (subject to hydrolysis) is 1. The normalized spacial score (nSPS) is 16.1. The van der Waals surface area contributed by atoms with Crippen LogP contribution in [0.15, 0.2) is 54.7 Å². The number of aliphatic hydroxyl groups is 1. The summed E-state index contributed by atoms with van der Waals surface area (Å²) in [6.45, 7) is 13.7. The van der Waals surface area contributed by atoms with Crippen molar-refractivity contribution in [3.8, 4) is 22.4 Å². The smallest absolute Gasteiger partial charge is 0.408 e. The highest BCUT2D eigenvalue weighted by Gasteiger charge is 2.34. The Morgan fingerprint density at radius 3 is 2.44 bits per heavy atom. The summed E-state index contributed by atoms with van der Waals surface area (Å²) in [4.78, 5) is 43.4. The molecule has 14 heteroatoms. The van der Waals surface area contributed by atoms with Crippen molar-refractivity contribution in [2.45, 2.75) is 111 Å². The maximum absolute atomic E-state index is 14.6. The molecule has 2 aromatic heterocycles. The van der Waals surface area contributed by atoms with E-state index in [1.807, 2.05) is 51.1 Å². The lowest BCUT2D eigenvalue weighted by atomic mass is 9.84. The van der Waals surface area contributed by atoms with Gasteiger partial charge in [-0.25, -0.2) is 19.0 Å². The molecule has 0 bridgehead atoms. The third kappa shape index (κ3) is 10.2. The van der Waals surface area contributed by atoms with Crippen molar-refractivity contribution in [2.24, 2.45) is 5.41 Å². The predicted molar refractivity (Wildman–Crippen MR) is 214 cm³/mol. The first-order chi connectivity index (χ1) is 26.9. The molecule has 4 N–H and O–H groups in total. The Hall–Kier alpha value is -4.92. The lowest BCUT2D eigenvalue weighted by molar-refractivity contribution is -0.147. The number of hydrogen-bond donors (Lipinski definition) is 4. The molecule has 2 unspecified atom stereocenters. The zero-order valence-corrected chi connectivity index (χ0v) is 34.0. The molecule has 0 aliphatic carbocycles. The number of aliphatic hydroxyl groups excluding tert-OH is 1. The van der Waals surface area contributed by atoms with Crippen molar-refractivity contribution >= 4 is 28.9 Å². The SMILES string of the molecule is CCn1c(-c2cccnc2[C@H](C)OC)c(CC(C)(C)CO)c2cc(-c3cc(CC(NC(=O)OC(C)(C)C)C(=O)N4CCCC(C(=O)O)N4)cc(C(F)F)c3)ccc21. The van der Waals surface area contributed by atoms with Crippen LogP contribution in [0.5, 0.6) is 0 Å². The van der Waals surface area contributed by atoms with Crippen molar-refractivity contribution in [3.63, 3.8) is 0 Å². The summed E-state index contributed by atoms with van der Waals surface area (Å²) in [5.74, 6) is -1.75. The summed E-state index contributed by atoms with van der Waals surface area (Å²) in [6.07, 6.45) is -1.27. The van der Waals surface area contributed by atoms with Gasteiger partial charge in [-0.05, 0) is 112 Å². The van der Waals surface area contributed by atoms with Gasteiger partial charge in [0, 0.05) is 61.5 Å². The number of aliphatic carboxylic acids is 1. The summed E-state index contributed by atoms with van der Waals surface area (Å²) in [5, 5.41) is 24.7. The van der Waals surface area contributed by atoms with E-state index in [1.54, 1.807) is 40.1 Å². The summed E-state index contributed by atoms with van der Waals surface area (Å²) in [6, 6.07) is 11.9. The Kier molecular flexibility index (Phi) is 13.4. The number of nitrogens with zero attached hydrogens (tertiary/aromatic N) is 3. The van der Waals surface area contributed by atoms with Crippen molar-refractivity contribution in [3.05, 3.63) is 77.1 Å². The van der Waals surface area contributed by atoms with Crippen LogP contribution in [0.3, 0.4) is 0 Å². The highest BCUT2D eigenvalue weighted by Crippen LogP contribution is 2.42. The van der Waals surface area contributed by atoms with Crippen molar-refractivity contribution in [1.82, 2.24) is 25.3 Å². The topological polar surface area (TPSA) is 155 Å². The van der Waals surface area contributed by atoms with Gasteiger partial charge in [-0.2, -0.15) is 0 Å². The first kappa shape index (κ1) is 43.2. The summed E-state index contributed by atoms with van der Waals surface area (Å²) < 4.78 is 42.6. The first-order valence-corrected chi connectivity index (χ1v) is 19.3. The van der Waals surface area contributed by atoms with Gasteiger partial charge in [-0.15, -0.1) is 0 Å². The number of rotatable bonds is 14. The molecule has 1 aliphatic heterocycles. The molecular formula is C43H55F2N5O7. The van der Waals surface area contributed by atoms with Crippen LogP contribution in [0.4, 0.5) is 13.6 Å². The molecule has 2 aromatic carbocycles. The maximum atomic E-state index is 14.6. The molecule has 0 saturated carbocycles. The fourth-order valence-electron chi connectivity index (χ4n) is 7.33. The lowest BCUT2D eigenvalue weighted by Crippen LogP contribution is -2.60. The van der Waals surface area contributed by atoms with Gasteiger partial charge in [0.25, 0.3) is 12.3 Å². The molecular weight excluding hydrogens is 736 g/mol. The zero-order valence-electron chi connectivity index (χ0n) is 34.0. The molecule has 2 amide bonds. The number of carbonyl (C=O) groups is 3. The van der Waals surface area contributed by atoms with Gasteiger partial charge >= 0.3 is 12.1 Å². The van der Waals surface area contributed by atoms with Gasteiger partial charge in [0.15, 0.2) is 0 Å². The number of amides is 2. The van der Waals surface area contributed by atoms with Crippen LogP contribution >= 0.6 is 0 Å². The Labute approximate surface area is 332 Å². The minimum atomic E-state index is -2.85. The number of fused-ring (bicyclic) bond motifs is 1. The summed E-state index contributed by atoms with van der Waals surface area (Å²) in [7, 11) is 1.63. The van der Waals surface area contributed by atoms with Crippen molar-refractivity contribution < 1.29 is 42.9 Å². The number of pyridine rings is 1. The highest BCUT2D eigenvalue weighted by atomic mass is 19.3. The second-order valence-corrected chi connectivity index (χ2v) is 16.4. The minimum absolute atomic E-state index is 0.0692. The second kappa shape index (κ2) is 17.7. The molecule has 1 aliphatic rings. The molecule has 3 heterocycles. The molecule has 57 heavy (non-hydrogen) atoms. The number of hydrogen-bond acceptors (Lipinski definition) is 8. The Bertz CT molecular complexity index is 2090. The van der Waals surface area contributed by atoms with Crippen molar-refractivity contribution in [1.29, 1.82) is 0 Å². The van der Waals surface area contributed by atoms with E-state index >= 15 is 0 Å². The van der Waals surface area contributed by atoms with E-state index in [9.17, 15) is 33.4 Å².